The molecule has 1 heterocycles. The molecule has 2 unspecified atom stereocenters. The smallest absolute Gasteiger partial charge is 0.251 e. The van der Waals surface area contributed by atoms with Gasteiger partial charge in [0.25, 0.3) is 5.91 Å². The maximum atomic E-state index is 12.9. The topological polar surface area (TPSA) is 66.5 Å². The van der Waals surface area contributed by atoms with E-state index in [0.717, 1.165) is 12.8 Å². The number of hydrogen-bond donors (Lipinski definition) is 1. The lowest BCUT2D eigenvalue weighted by atomic mass is 9.94. The summed E-state index contributed by atoms with van der Waals surface area (Å²) < 4.78 is 27.3. The van der Waals surface area contributed by atoms with Crippen LogP contribution in [0, 0.1) is 11.8 Å². The highest BCUT2D eigenvalue weighted by Gasteiger charge is 2.31. The van der Waals surface area contributed by atoms with Gasteiger partial charge >= 0.3 is 0 Å². The molecular formula is C17H26N2O3S. The Hall–Kier alpha value is -1.40. The van der Waals surface area contributed by atoms with E-state index in [-0.39, 0.29) is 10.8 Å². The zero-order chi connectivity index (χ0) is 17.0. The lowest BCUT2D eigenvalue weighted by Crippen LogP contribution is -2.42. The molecule has 23 heavy (non-hydrogen) atoms. The predicted octanol–water partition coefficient (Wildman–Crippen LogP) is 2.49. The second-order valence-electron chi connectivity index (χ2n) is 6.55. The predicted molar refractivity (Wildman–Crippen MR) is 90.8 cm³/mol. The molecule has 5 nitrogen and oxygen atoms in total. The van der Waals surface area contributed by atoms with Gasteiger partial charge in [0, 0.05) is 25.2 Å². The SMILES string of the molecule is CCCNC(=O)c1cccc(S(=O)(=O)N2CC(C)CC(C)C2)c1. The van der Waals surface area contributed by atoms with Crippen LogP contribution in [0.25, 0.3) is 0 Å². The summed E-state index contributed by atoms with van der Waals surface area (Å²) in [6.07, 6.45) is 1.89. The fraction of sp³-hybridized carbons (Fsp3) is 0.588. The van der Waals surface area contributed by atoms with Crippen LogP contribution >= 0.6 is 0 Å². The molecule has 1 aromatic rings. The van der Waals surface area contributed by atoms with Crippen LogP contribution in [0.2, 0.25) is 0 Å². The van der Waals surface area contributed by atoms with E-state index < -0.39 is 10.0 Å². The third-order valence-electron chi connectivity index (χ3n) is 4.10. The van der Waals surface area contributed by atoms with Crippen LogP contribution in [0.3, 0.4) is 0 Å². The summed E-state index contributed by atoms with van der Waals surface area (Å²) in [4.78, 5) is 12.2. The fourth-order valence-corrected chi connectivity index (χ4v) is 4.82. The molecule has 0 saturated carbocycles. The molecule has 6 heteroatoms. The van der Waals surface area contributed by atoms with Crippen molar-refractivity contribution in [3.63, 3.8) is 0 Å². The van der Waals surface area contributed by atoms with Gasteiger partial charge in [-0.25, -0.2) is 8.42 Å². The van der Waals surface area contributed by atoms with E-state index >= 15 is 0 Å². The number of benzene rings is 1. The van der Waals surface area contributed by atoms with E-state index in [1.54, 1.807) is 22.5 Å². The third kappa shape index (κ3) is 4.32. The first kappa shape index (κ1) is 17.9. The number of hydrogen-bond acceptors (Lipinski definition) is 3. The minimum atomic E-state index is -3.55. The van der Waals surface area contributed by atoms with Crippen molar-refractivity contribution in [2.45, 2.75) is 38.5 Å². The number of nitrogens with zero attached hydrogens (tertiary/aromatic N) is 1. The zero-order valence-electron chi connectivity index (χ0n) is 14.1. The van der Waals surface area contributed by atoms with Gasteiger partial charge in [0.15, 0.2) is 0 Å². The first-order valence-corrected chi connectivity index (χ1v) is 9.67. The first-order valence-electron chi connectivity index (χ1n) is 8.23. The summed E-state index contributed by atoms with van der Waals surface area (Å²) in [6.45, 7) is 7.79. The molecule has 128 valence electrons. The average Bonchev–Trinajstić information content (AvgIpc) is 2.51. The molecule has 0 aromatic heterocycles. The standard InChI is InChI=1S/C17H26N2O3S/c1-4-8-18-17(20)15-6-5-7-16(10-15)23(21,22)19-11-13(2)9-14(3)12-19/h5-7,10,13-14H,4,8-9,11-12H2,1-3H3,(H,18,20). The molecule has 1 N–H and O–H groups in total. The molecule has 1 amide bonds. The molecule has 2 atom stereocenters. The Balaban J connectivity index is 2.24. The molecule has 0 spiro atoms. The Bertz CT molecular complexity index is 648. The summed E-state index contributed by atoms with van der Waals surface area (Å²) in [5.41, 5.74) is 0.387. The van der Waals surface area contributed by atoms with Crippen molar-refractivity contribution < 1.29 is 13.2 Å². The van der Waals surface area contributed by atoms with Gasteiger partial charge < -0.3 is 5.32 Å². The summed E-state index contributed by atoms with van der Waals surface area (Å²) in [7, 11) is -3.55. The van der Waals surface area contributed by atoms with E-state index in [4.69, 9.17) is 0 Å². The maximum absolute atomic E-state index is 12.9. The second kappa shape index (κ2) is 7.45. The summed E-state index contributed by atoms with van der Waals surface area (Å²) >= 11 is 0. The summed E-state index contributed by atoms with van der Waals surface area (Å²) in [5, 5.41) is 2.77. The van der Waals surface area contributed by atoms with Gasteiger partial charge in [0.05, 0.1) is 4.90 Å². The van der Waals surface area contributed by atoms with Gasteiger partial charge in [-0.15, -0.1) is 0 Å². The van der Waals surface area contributed by atoms with Gasteiger partial charge in [0.1, 0.15) is 0 Å². The minimum Gasteiger partial charge on any atom is -0.352 e. The Morgan fingerprint density at radius 3 is 2.52 bits per heavy atom. The molecule has 1 fully saturated rings. The third-order valence-corrected chi connectivity index (χ3v) is 5.93. The highest BCUT2D eigenvalue weighted by molar-refractivity contribution is 7.89. The molecule has 0 bridgehead atoms. The van der Waals surface area contributed by atoms with Crippen molar-refractivity contribution >= 4 is 15.9 Å². The quantitative estimate of drug-likeness (QED) is 0.897. The molecule has 2 rings (SSSR count). The monoisotopic (exact) mass is 338 g/mol. The highest BCUT2D eigenvalue weighted by atomic mass is 32.2. The van der Waals surface area contributed by atoms with E-state index in [2.05, 4.69) is 19.2 Å². The fourth-order valence-electron chi connectivity index (χ4n) is 3.09. The molecule has 1 aliphatic rings. The molecule has 1 aromatic carbocycles. The van der Waals surface area contributed by atoms with Crippen LogP contribution in [0.1, 0.15) is 44.0 Å². The van der Waals surface area contributed by atoms with Crippen LogP contribution in [0.4, 0.5) is 0 Å². The minimum absolute atomic E-state index is 0.197. The molecule has 1 aliphatic heterocycles. The van der Waals surface area contributed by atoms with Gasteiger partial charge in [-0.2, -0.15) is 4.31 Å². The number of rotatable bonds is 5. The van der Waals surface area contributed by atoms with Crippen LogP contribution in [0.5, 0.6) is 0 Å². The van der Waals surface area contributed by atoms with Crippen molar-refractivity contribution in [1.82, 2.24) is 9.62 Å². The van der Waals surface area contributed by atoms with E-state index in [1.165, 1.54) is 6.07 Å². The summed E-state index contributed by atoms with van der Waals surface area (Å²) in [6, 6.07) is 6.32. The van der Waals surface area contributed by atoms with Gasteiger partial charge in [-0.05, 0) is 42.9 Å². The number of carbonyl (C=O) groups is 1. The van der Waals surface area contributed by atoms with Crippen molar-refractivity contribution in [1.29, 1.82) is 0 Å². The van der Waals surface area contributed by atoms with E-state index in [9.17, 15) is 13.2 Å². The van der Waals surface area contributed by atoms with Gasteiger partial charge in [-0.1, -0.05) is 26.8 Å². The van der Waals surface area contributed by atoms with Crippen LogP contribution in [-0.2, 0) is 10.0 Å². The zero-order valence-corrected chi connectivity index (χ0v) is 14.9. The maximum Gasteiger partial charge on any atom is 0.251 e. The number of nitrogens with one attached hydrogen (secondary N) is 1. The molecule has 0 radical (unpaired) electrons. The van der Waals surface area contributed by atoms with Crippen LogP contribution < -0.4 is 5.32 Å². The largest absolute Gasteiger partial charge is 0.352 e. The number of carbonyl (C=O) groups excluding carboxylic acids is 1. The highest BCUT2D eigenvalue weighted by Crippen LogP contribution is 2.26. The normalized spacial score (nSPS) is 22.7. The van der Waals surface area contributed by atoms with Gasteiger partial charge in [0.2, 0.25) is 10.0 Å². The average molecular weight is 338 g/mol. The summed E-state index contributed by atoms with van der Waals surface area (Å²) in [5.74, 6) is 0.471. The van der Waals surface area contributed by atoms with Crippen molar-refractivity contribution in [2.24, 2.45) is 11.8 Å². The second-order valence-corrected chi connectivity index (χ2v) is 8.49. The lowest BCUT2D eigenvalue weighted by molar-refractivity contribution is 0.0953. The molecule has 1 saturated heterocycles. The van der Waals surface area contributed by atoms with Crippen LogP contribution in [-0.4, -0.2) is 38.3 Å². The Labute approximate surface area is 139 Å². The molecular weight excluding hydrogens is 312 g/mol. The Morgan fingerprint density at radius 2 is 1.91 bits per heavy atom. The van der Waals surface area contributed by atoms with Crippen molar-refractivity contribution in [3.8, 4) is 0 Å². The Kier molecular flexibility index (Phi) is 5.81. The van der Waals surface area contributed by atoms with Crippen molar-refractivity contribution in [2.75, 3.05) is 19.6 Å². The number of piperidine rings is 1. The Morgan fingerprint density at radius 1 is 1.26 bits per heavy atom. The lowest BCUT2D eigenvalue weighted by Gasteiger charge is -2.34. The van der Waals surface area contributed by atoms with Crippen molar-refractivity contribution in [3.05, 3.63) is 29.8 Å². The number of amides is 1. The number of sulfonamides is 1. The van der Waals surface area contributed by atoms with E-state index in [1.807, 2.05) is 6.92 Å². The van der Waals surface area contributed by atoms with Crippen LogP contribution in [0.15, 0.2) is 29.2 Å². The first-order chi connectivity index (χ1) is 10.8. The van der Waals surface area contributed by atoms with E-state index in [0.29, 0.717) is 37.0 Å². The molecule has 0 aliphatic carbocycles. The van der Waals surface area contributed by atoms with Gasteiger partial charge in [-0.3, -0.25) is 4.79 Å².